The van der Waals surface area contributed by atoms with Gasteiger partial charge < -0.3 is 31.1 Å². The minimum atomic E-state index is -1.41. The second-order valence-corrected chi connectivity index (χ2v) is 9.64. The number of alkyl carbamates (subject to hydrolysis) is 1. The molecule has 2 atom stereocenters. The van der Waals surface area contributed by atoms with E-state index in [9.17, 15) is 24.3 Å². The number of amides is 4. The van der Waals surface area contributed by atoms with E-state index in [-0.39, 0.29) is 11.3 Å². The van der Waals surface area contributed by atoms with Crippen molar-refractivity contribution in [3.8, 4) is 5.75 Å². The van der Waals surface area contributed by atoms with Gasteiger partial charge in [-0.25, -0.2) is 4.79 Å². The molecule has 0 aromatic heterocycles. The fourth-order valence-corrected chi connectivity index (χ4v) is 3.72. The maximum atomic E-state index is 13.5. The molecule has 10 nitrogen and oxygen atoms in total. The van der Waals surface area contributed by atoms with Gasteiger partial charge in [-0.3, -0.25) is 14.4 Å². The summed E-state index contributed by atoms with van der Waals surface area (Å²) in [5, 5.41) is 15.4. The number of hydrogen-bond donors (Lipinski definition) is 4. The zero-order valence-corrected chi connectivity index (χ0v) is 21.6. The van der Waals surface area contributed by atoms with E-state index in [1.165, 1.54) is 25.2 Å². The number of anilines is 1. The van der Waals surface area contributed by atoms with Crippen LogP contribution in [0.5, 0.6) is 5.75 Å². The third kappa shape index (κ3) is 7.88. The maximum absolute atomic E-state index is 13.5. The number of likely N-dealkylation sites (N-methyl/N-ethyl adjacent to an activating group) is 1. The Balaban J connectivity index is 2.43. The minimum absolute atomic E-state index is 0.124. The molecule has 4 amide bonds. The lowest BCUT2D eigenvalue weighted by Gasteiger charge is -2.31. The average Bonchev–Trinajstić information content (AvgIpc) is 2.74. The number of primary amides is 1. The number of para-hydroxylation sites is 1. The van der Waals surface area contributed by atoms with E-state index >= 15 is 0 Å². The number of nitrogens with two attached hydrogens (primary N) is 1. The molecule has 0 spiro atoms. The molecular weight excluding hydrogens is 488 g/mol. The van der Waals surface area contributed by atoms with Crippen molar-refractivity contribution in [3.63, 3.8) is 0 Å². The molecule has 0 heterocycles. The van der Waals surface area contributed by atoms with E-state index in [1.54, 1.807) is 52.0 Å². The molecule has 2 rings (SSSR count). The van der Waals surface area contributed by atoms with Crippen LogP contribution in [0.3, 0.4) is 0 Å². The van der Waals surface area contributed by atoms with Gasteiger partial charge in [0.2, 0.25) is 11.8 Å². The van der Waals surface area contributed by atoms with Crippen LogP contribution in [0.2, 0.25) is 5.02 Å². The van der Waals surface area contributed by atoms with Crippen molar-refractivity contribution in [1.29, 1.82) is 0 Å². The maximum Gasteiger partial charge on any atom is 0.408 e. The normalized spacial score (nSPS) is 12.7. The first-order valence-electron chi connectivity index (χ1n) is 11.1. The highest BCUT2D eigenvalue weighted by molar-refractivity contribution is 6.34. The van der Waals surface area contributed by atoms with E-state index < -0.39 is 47.9 Å². The first-order chi connectivity index (χ1) is 16.7. The summed E-state index contributed by atoms with van der Waals surface area (Å²) in [6.45, 7) is 6.68. The lowest BCUT2D eigenvalue weighted by Crippen LogP contribution is -2.52. The average molecular weight is 519 g/mol. The number of nitrogens with one attached hydrogen (secondary N) is 2. The molecule has 0 saturated heterocycles. The Morgan fingerprint density at radius 2 is 1.78 bits per heavy atom. The van der Waals surface area contributed by atoms with E-state index in [0.717, 1.165) is 4.90 Å². The molecule has 36 heavy (non-hydrogen) atoms. The largest absolute Gasteiger partial charge is 0.508 e. The van der Waals surface area contributed by atoms with Crippen LogP contribution in [0.15, 0.2) is 42.5 Å². The highest BCUT2D eigenvalue weighted by atomic mass is 35.5. The first kappa shape index (κ1) is 28.4. The van der Waals surface area contributed by atoms with Crippen LogP contribution >= 0.6 is 11.6 Å². The summed E-state index contributed by atoms with van der Waals surface area (Å²) in [6, 6.07) is 8.24. The number of rotatable bonds is 8. The summed E-state index contributed by atoms with van der Waals surface area (Å²) in [5.41, 5.74) is 5.78. The Morgan fingerprint density at radius 3 is 2.33 bits per heavy atom. The Hall–Kier alpha value is -3.79. The van der Waals surface area contributed by atoms with E-state index in [4.69, 9.17) is 22.1 Å². The number of halogens is 1. The van der Waals surface area contributed by atoms with Crippen molar-refractivity contribution in [3.05, 3.63) is 58.6 Å². The molecule has 0 fully saturated rings. The van der Waals surface area contributed by atoms with Gasteiger partial charge in [-0.05, 0) is 57.0 Å². The van der Waals surface area contributed by atoms with Crippen LogP contribution in [0.25, 0.3) is 0 Å². The molecule has 0 aliphatic rings. The van der Waals surface area contributed by atoms with Crippen LogP contribution in [-0.4, -0.2) is 52.5 Å². The van der Waals surface area contributed by atoms with Crippen LogP contribution < -0.4 is 16.4 Å². The zero-order chi connectivity index (χ0) is 27.2. The van der Waals surface area contributed by atoms with Crippen LogP contribution in [0, 0.1) is 6.92 Å². The van der Waals surface area contributed by atoms with Crippen molar-refractivity contribution in [2.45, 2.75) is 51.8 Å². The SMILES string of the molecule is Cc1cccc(Cl)c1NC(=O)C(c1cccc(O)c1)N(C)C(=O)C(CC(N)=O)NC(=O)OC(C)(C)C. The molecule has 5 N–H and O–H groups in total. The number of hydrogen-bond acceptors (Lipinski definition) is 6. The van der Waals surface area contributed by atoms with Gasteiger partial charge in [0.05, 0.1) is 17.1 Å². The van der Waals surface area contributed by atoms with Crippen molar-refractivity contribution in [1.82, 2.24) is 10.2 Å². The first-order valence-corrected chi connectivity index (χ1v) is 11.5. The summed E-state index contributed by atoms with van der Waals surface area (Å²) in [6.07, 6.45) is -1.46. The highest BCUT2D eigenvalue weighted by Gasteiger charge is 2.35. The smallest absolute Gasteiger partial charge is 0.408 e. The fraction of sp³-hybridized carbons (Fsp3) is 0.360. The Bertz CT molecular complexity index is 1130. The molecular formula is C25H31ClN4O6. The van der Waals surface area contributed by atoms with Crippen LogP contribution in [0.1, 0.15) is 44.4 Å². The molecule has 194 valence electrons. The van der Waals surface area contributed by atoms with Gasteiger partial charge in [-0.15, -0.1) is 0 Å². The summed E-state index contributed by atoms with van der Waals surface area (Å²) in [7, 11) is 1.33. The molecule has 0 radical (unpaired) electrons. The molecule has 11 heteroatoms. The predicted molar refractivity (Wildman–Crippen MR) is 135 cm³/mol. The summed E-state index contributed by atoms with van der Waals surface area (Å²) >= 11 is 6.26. The van der Waals surface area contributed by atoms with Crippen molar-refractivity contribution < 1.29 is 29.0 Å². The monoisotopic (exact) mass is 518 g/mol. The standard InChI is InChI=1S/C25H31ClN4O6/c1-14-8-6-11-17(26)20(14)29-22(33)21(15-9-7-10-16(31)12-15)30(5)23(34)18(13-19(27)32)28-24(35)36-25(2,3)4/h6-12,18,21,31H,13H2,1-5H3,(H2,27,32)(H,28,35)(H,29,33). The third-order valence-electron chi connectivity index (χ3n) is 5.03. The molecule has 0 aliphatic heterocycles. The Morgan fingerprint density at radius 1 is 1.14 bits per heavy atom. The second-order valence-electron chi connectivity index (χ2n) is 9.24. The van der Waals surface area contributed by atoms with Gasteiger partial charge >= 0.3 is 6.09 Å². The molecule has 0 bridgehead atoms. The Labute approximate surface area is 214 Å². The third-order valence-corrected chi connectivity index (χ3v) is 5.35. The molecule has 2 unspecified atom stereocenters. The van der Waals surface area contributed by atoms with Gasteiger partial charge in [0.15, 0.2) is 0 Å². The lowest BCUT2D eigenvalue weighted by molar-refractivity contribution is -0.140. The number of phenols is 1. The zero-order valence-electron chi connectivity index (χ0n) is 20.8. The van der Waals surface area contributed by atoms with Gasteiger partial charge in [0, 0.05) is 7.05 Å². The summed E-state index contributed by atoms with van der Waals surface area (Å²) in [4.78, 5) is 52.0. The number of carbonyl (C=O) groups excluding carboxylic acids is 4. The van der Waals surface area contributed by atoms with Gasteiger partial charge in [-0.2, -0.15) is 0 Å². The molecule has 2 aromatic rings. The van der Waals surface area contributed by atoms with Crippen molar-refractivity contribution in [2.75, 3.05) is 12.4 Å². The van der Waals surface area contributed by atoms with E-state index in [2.05, 4.69) is 10.6 Å². The second kappa shape index (κ2) is 11.8. The van der Waals surface area contributed by atoms with E-state index in [0.29, 0.717) is 16.3 Å². The summed E-state index contributed by atoms with van der Waals surface area (Å²) < 4.78 is 5.19. The van der Waals surface area contributed by atoms with Crippen molar-refractivity contribution >= 4 is 41.1 Å². The lowest BCUT2D eigenvalue weighted by atomic mass is 10.0. The van der Waals surface area contributed by atoms with Gasteiger partial charge in [0.1, 0.15) is 23.4 Å². The number of carbonyl (C=O) groups is 4. The predicted octanol–water partition coefficient (Wildman–Crippen LogP) is 3.26. The number of aromatic hydroxyl groups is 1. The topological polar surface area (TPSA) is 151 Å². The van der Waals surface area contributed by atoms with Crippen molar-refractivity contribution in [2.24, 2.45) is 5.73 Å². The van der Waals surface area contributed by atoms with Crippen LogP contribution in [-0.2, 0) is 19.1 Å². The highest BCUT2D eigenvalue weighted by Crippen LogP contribution is 2.29. The minimum Gasteiger partial charge on any atom is -0.508 e. The quantitative estimate of drug-likeness (QED) is 0.421. The summed E-state index contributed by atoms with van der Waals surface area (Å²) in [5.74, 6) is -2.38. The fourth-order valence-electron chi connectivity index (χ4n) is 3.45. The number of phenolic OH excluding ortho intramolecular Hbond substituents is 1. The molecule has 0 aliphatic carbocycles. The number of benzene rings is 2. The molecule has 0 saturated carbocycles. The molecule has 2 aromatic carbocycles. The number of ether oxygens (including phenoxy) is 1. The van der Waals surface area contributed by atoms with Gasteiger partial charge in [-0.1, -0.05) is 35.9 Å². The van der Waals surface area contributed by atoms with Crippen LogP contribution in [0.4, 0.5) is 10.5 Å². The van der Waals surface area contributed by atoms with Gasteiger partial charge in [0.25, 0.3) is 5.91 Å². The Kier molecular flexibility index (Phi) is 9.29. The number of nitrogens with zero attached hydrogens (tertiary/aromatic N) is 1. The van der Waals surface area contributed by atoms with E-state index in [1.807, 2.05) is 0 Å². The number of aryl methyl sites for hydroxylation is 1.